The minimum atomic E-state index is 0.583. The van der Waals surface area contributed by atoms with E-state index in [1.807, 2.05) is 0 Å². The van der Waals surface area contributed by atoms with Crippen molar-refractivity contribution in [3.63, 3.8) is 0 Å². The molecule has 0 saturated heterocycles. The standard InChI is InChI=1S/C23H26N2/c1-17-11-12-21-20(15-17)19-9-5-10-22-23(19)25(21)14-6-13-24(22)16-18-7-3-2-4-8-18/h2-4,7-8,11-12,15,22H,5-6,9-10,13-14,16H2,1H3/t22-/m0/s1. The summed E-state index contributed by atoms with van der Waals surface area (Å²) >= 11 is 0. The van der Waals surface area contributed by atoms with Gasteiger partial charge < -0.3 is 4.57 Å². The van der Waals surface area contributed by atoms with Gasteiger partial charge in [0.1, 0.15) is 0 Å². The average Bonchev–Trinajstić information content (AvgIpc) is 2.83. The molecule has 0 N–H and O–H groups in total. The molecule has 2 aliphatic rings. The van der Waals surface area contributed by atoms with Gasteiger partial charge in [-0.2, -0.15) is 0 Å². The van der Waals surface area contributed by atoms with Crippen molar-refractivity contribution in [3.05, 3.63) is 70.9 Å². The van der Waals surface area contributed by atoms with Gasteiger partial charge in [0, 0.05) is 36.2 Å². The van der Waals surface area contributed by atoms with E-state index in [0.717, 1.165) is 13.1 Å². The largest absolute Gasteiger partial charge is 0.343 e. The predicted molar refractivity (Wildman–Crippen MR) is 104 cm³/mol. The van der Waals surface area contributed by atoms with Gasteiger partial charge in [0.25, 0.3) is 0 Å². The smallest absolute Gasteiger partial charge is 0.0507 e. The summed E-state index contributed by atoms with van der Waals surface area (Å²) in [6, 6.07) is 18.6. The number of hydrogen-bond donors (Lipinski definition) is 0. The highest BCUT2D eigenvalue weighted by Gasteiger charge is 2.33. The first-order valence-corrected chi connectivity index (χ1v) is 9.71. The Kier molecular flexibility index (Phi) is 3.67. The maximum absolute atomic E-state index is 2.74. The van der Waals surface area contributed by atoms with Crippen molar-refractivity contribution < 1.29 is 0 Å². The van der Waals surface area contributed by atoms with Crippen molar-refractivity contribution in [3.8, 4) is 0 Å². The summed E-state index contributed by atoms with van der Waals surface area (Å²) in [6.07, 6.45) is 5.11. The van der Waals surface area contributed by atoms with Crippen LogP contribution < -0.4 is 0 Å². The van der Waals surface area contributed by atoms with E-state index in [2.05, 4.69) is 64.9 Å². The Morgan fingerprint density at radius 3 is 2.76 bits per heavy atom. The fraction of sp³-hybridized carbons (Fsp3) is 0.391. The minimum Gasteiger partial charge on any atom is -0.343 e. The van der Waals surface area contributed by atoms with Crippen LogP contribution in [0.2, 0.25) is 0 Å². The lowest BCUT2D eigenvalue weighted by molar-refractivity contribution is 0.173. The summed E-state index contributed by atoms with van der Waals surface area (Å²) in [5.41, 5.74) is 7.54. The zero-order valence-corrected chi connectivity index (χ0v) is 15.0. The highest BCUT2D eigenvalue weighted by molar-refractivity contribution is 5.86. The fourth-order valence-corrected chi connectivity index (χ4v) is 5.00. The predicted octanol–water partition coefficient (Wildman–Crippen LogP) is 5.23. The molecule has 2 heterocycles. The molecule has 3 aromatic rings. The Morgan fingerprint density at radius 2 is 1.88 bits per heavy atom. The van der Waals surface area contributed by atoms with E-state index in [1.54, 1.807) is 11.3 Å². The first-order valence-electron chi connectivity index (χ1n) is 9.71. The topological polar surface area (TPSA) is 8.17 Å². The molecule has 1 aliphatic heterocycles. The monoisotopic (exact) mass is 330 g/mol. The second-order valence-electron chi connectivity index (χ2n) is 7.75. The molecule has 1 atom stereocenters. The molecule has 0 bridgehead atoms. The van der Waals surface area contributed by atoms with Crippen LogP contribution in [0.5, 0.6) is 0 Å². The van der Waals surface area contributed by atoms with Crippen molar-refractivity contribution in [1.82, 2.24) is 9.47 Å². The van der Waals surface area contributed by atoms with E-state index in [1.165, 1.54) is 54.3 Å². The highest BCUT2D eigenvalue weighted by Crippen LogP contribution is 2.42. The molecule has 5 rings (SSSR count). The molecule has 0 unspecified atom stereocenters. The van der Waals surface area contributed by atoms with Gasteiger partial charge in [0.2, 0.25) is 0 Å². The molecule has 1 aliphatic carbocycles. The van der Waals surface area contributed by atoms with Gasteiger partial charge in [-0.05, 0) is 55.9 Å². The number of fused-ring (bicyclic) bond motifs is 3. The van der Waals surface area contributed by atoms with Crippen LogP contribution >= 0.6 is 0 Å². The lowest BCUT2D eigenvalue weighted by atomic mass is 9.90. The third-order valence-electron chi connectivity index (χ3n) is 6.08. The molecule has 2 nitrogen and oxygen atoms in total. The van der Waals surface area contributed by atoms with Crippen LogP contribution in [0.25, 0.3) is 10.9 Å². The zero-order chi connectivity index (χ0) is 16.8. The van der Waals surface area contributed by atoms with Crippen LogP contribution in [0.4, 0.5) is 0 Å². The van der Waals surface area contributed by atoms with Gasteiger partial charge >= 0.3 is 0 Å². The minimum absolute atomic E-state index is 0.583. The number of aromatic nitrogens is 1. The van der Waals surface area contributed by atoms with E-state index < -0.39 is 0 Å². The fourth-order valence-electron chi connectivity index (χ4n) is 5.00. The second kappa shape index (κ2) is 6.03. The van der Waals surface area contributed by atoms with Gasteiger partial charge in [-0.1, -0.05) is 42.0 Å². The summed E-state index contributed by atoms with van der Waals surface area (Å²) in [4.78, 5) is 2.74. The molecule has 128 valence electrons. The van der Waals surface area contributed by atoms with Crippen LogP contribution in [0, 0.1) is 6.92 Å². The summed E-state index contributed by atoms with van der Waals surface area (Å²) < 4.78 is 2.65. The lowest BCUT2D eigenvalue weighted by Crippen LogP contribution is -2.30. The van der Waals surface area contributed by atoms with E-state index in [9.17, 15) is 0 Å². The Hall–Kier alpha value is -2.06. The van der Waals surface area contributed by atoms with E-state index in [0.29, 0.717) is 6.04 Å². The Balaban J connectivity index is 1.62. The Morgan fingerprint density at radius 1 is 1.00 bits per heavy atom. The molecule has 25 heavy (non-hydrogen) atoms. The van der Waals surface area contributed by atoms with Crippen LogP contribution in [0.15, 0.2) is 48.5 Å². The molecule has 2 heteroatoms. The Labute approximate surface area is 150 Å². The molecular formula is C23H26N2. The van der Waals surface area contributed by atoms with Crippen molar-refractivity contribution in [2.75, 3.05) is 6.54 Å². The number of benzene rings is 2. The van der Waals surface area contributed by atoms with E-state index >= 15 is 0 Å². The van der Waals surface area contributed by atoms with Gasteiger partial charge in [-0.3, -0.25) is 4.90 Å². The summed E-state index contributed by atoms with van der Waals surface area (Å²) in [7, 11) is 0. The van der Waals surface area contributed by atoms with E-state index in [-0.39, 0.29) is 0 Å². The summed E-state index contributed by atoms with van der Waals surface area (Å²) in [6.45, 7) is 5.66. The van der Waals surface area contributed by atoms with Crippen LogP contribution in [0.3, 0.4) is 0 Å². The normalized spacial score (nSPS) is 20.4. The number of aryl methyl sites for hydroxylation is 3. The molecule has 0 radical (unpaired) electrons. The number of nitrogens with zero attached hydrogens (tertiary/aromatic N) is 2. The number of hydrogen-bond acceptors (Lipinski definition) is 1. The van der Waals surface area contributed by atoms with Crippen molar-refractivity contribution >= 4 is 10.9 Å². The van der Waals surface area contributed by atoms with Gasteiger partial charge in [0.15, 0.2) is 0 Å². The first kappa shape index (κ1) is 15.2. The van der Waals surface area contributed by atoms with Gasteiger partial charge in [0.05, 0.1) is 6.04 Å². The maximum atomic E-state index is 2.74. The quantitative estimate of drug-likeness (QED) is 0.624. The molecule has 2 aromatic carbocycles. The molecule has 0 spiro atoms. The van der Waals surface area contributed by atoms with Crippen molar-refractivity contribution in [2.45, 2.75) is 51.7 Å². The summed E-state index contributed by atoms with van der Waals surface area (Å²) in [5.74, 6) is 0. The van der Waals surface area contributed by atoms with Crippen LogP contribution in [-0.2, 0) is 19.5 Å². The third kappa shape index (κ3) is 2.51. The van der Waals surface area contributed by atoms with Gasteiger partial charge in [-0.25, -0.2) is 0 Å². The molecule has 0 saturated carbocycles. The lowest BCUT2D eigenvalue weighted by Gasteiger charge is -2.33. The maximum Gasteiger partial charge on any atom is 0.0507 e. The molecule has 0 fully saturated rings. The number of rotatable bonds is 2. The van der Waals surface area contributed by atoms with Crippen molar-refractivity contribution in [2.24, 2.45) is 0 Å². The molecular weight excluding hydrogens is 304 g/mol. The third-order valence-corrected chi connectivity index (χ3v) is 6.08. The molecule has 0 amide bonds. The first-order chi connectivity index (χ1) is 12.3. The van der Waals surface area contributed by atoms with Crippen LogP contribution in [0.1, 0.15) is 47.7 Å². The highest BCUT2D eigenvalue weighted by atomic mass is 15.2. The second-order valence-corrected chi connectivity index (χ2v) is 7.75. The van der Waals surface area contributed by atoms with Crippen LogP contribution in [-0.4, -0.2) is 16.0 Å². The SMILES string of the molecule is Cc1ccc2c(c1)c1c3n2CCCN(Cc2ccccc2)[C@H]3CCC1. The van der Waals surface area contributed by atoms with E-state index in [4.69, 9.17) is 0 Å². The zero-order valence-electron chi connectivity index (χ0n) is 15.0. The average molecular weight is 330 g/mol. The van der Waals surface area contributed by atoms with Gasteiger partial charge in [-0.15, -0.1) is 0 Å². The summed E-state index contributed by atoms with van der Waals surface area (Å²) in [5, 5.41) is 1.52. The molecule has 1 aromatic heterocycles. The van der Waals surface area contributed by atoms with Crippen molar-refractivity contribution in [1.29, 1.82) is 0 Å². The Bertz CT molecular complexity index is 903.